The van der Waals surface area contributed by atoms with Crippen LogP contribution in [0, 0.1) is 18.7 Å². The molecule has 2 unspecified atom stereocenters. The minimum atomic E-state index is -1.38. The van der Waals surface area contributed by atoms with Crippen molar-refractivity contribution in [1.82, 2.24) is 5.32 Å². The molecule has 1 aromatic rings. The SMILES string of the molecule is Cc1cc(F)ccc1C(C)(F)C1CCCNC1. The molecular weight excluding hydrogens is 220 g/mol. The first kappa shape index (κ1) is 12.5. The second-order valence-corrected chi connectivity index (χ2v) is 5.08. The summed E-state index contributed by atoms with van der Waals surface area (Å²) >= 11 is 0. The highest BCUT2D eigenvalue weighted by atomic mass is 19.1. The predicted molar refractivity (Wildman–Crippen MR) is 65.2 cm³/mol. The van der Waals surface area contributed by atoms with Crippen LogP contribution < -0.4 is 5.32 Å². The summed E-state index contributed by atoms with van der Waals surface area (Å²) in [4.78, 5) is 0. The molecule has 94 valence electrons. The van der Waals surface area contributed by atoms with Gasteiger partial charge in [0.15, 0.2) is 0 Å². The van der Waals surface area contributed by atoms with Crippen LogP contribution in [-0.2, 0) is 5.67 Å². The normalized spacial score (nSPS) is 24.4. The highest BCUT2D eigenvalue weighted by molar-refractivity contribution is 5.32. The first-order chi connectivity index (χ1) is 8.01. The molecule has 0 bridgehead atoms. The summed E-state index contributed by atoms with van der Waals surface area (Å²) in [5.74, 6) is -0.329. The molecule has 1 aliphatic heterocycles. The molecule has 17 heavy (non-hydrogen) atoms. The van der Waals surface area contributed by atoms with Crippen molar-refractivity contribution in [3.63, 3.8) is 0 Å². The monoisotopic (exact) mass is 239 g/mol. The molecule has 2 rings (SSSR count). The summed E-state index contributed by atoms with van der Waals surface area (Å²) in [6.45, 7) is 5.05. The van der Waals surface area contributed by atoms with Gasteiger partial charge < -0.3 is 5.32 Å². The van der Waals surface area contributed by atoms with E-state index in [0.717, 1.165) is 19.4 Å². The van der Waals surface area contributed by atoms with Gasteiger partial charge in [-0.25, -0.2) is 8.78 Å². The Hall–Kier alpha value is -0.960. The predicted octanol–water partition coefficient (Wildman–Crippen LogP) is 3.32. The molecule has 1 nitrogen and oxygen atoms in total. The maximum atomic E-state index is 14.9. The van der Waals surface area contributed by atoms with E-state index < -0.39 is 5.67 Å². The molecule has 1 saturated heterocycles. The van der Waals surface area contributed by atoms with Gasteiger partial charge >= 0.3 is 0 Å². The van der Waals surface area contributed by atoms with Gasteiger partial charge in [-0.2, -0.15) is 0 Å². The van der Waals surface area contributed by atoms with Crippen LogP contribution in [0.15, 0.2) is 18.2 Å². The van der Waals surface area contributed by atoms with Crippen LogP contribution in [0.4, 0.5) is 8.78 Å². The lowest BCUT2D eigenvalue weighted by Crippen LogP contribution is -2.40. The molecule has 1 fully saturated rings. The number of piperidine rings is 1. The molecule has 2 atom stereocenters. The first-order valence-corrected chi connectivity index (χ1v) is 6.18. The summed E-state index contributed by atoms with van der Waals surface area (Å²) in [7, 11) is 0. The molecule has 0 saturated carbocycles. The van der Waals surface area contributed by atoms with Crippen molar-refractivity contribution in [2.24, 2.45) is 5.92 Å². The summed E-state index contributed by atoms with van der Waals surface area (Å²) < 4.78 is 28.0. The Morgan fingerprint density at radius 3 is 2.76 bits per heavy atom. The van der Waals surface area contributed by atoms with E-state index in [-0.39, 0.29) is 11.7 Å². The molecule has 1 aliphatic rings. The molecule has 0 spiro atoms. The third-order valence-electron chi connectivity index (χ3n) is 3.78. The molecule has 1 aromatic carbocycles. The van der Waals surface area contributed by atoms with Crippen molar-refractivity contribution in [2.45, 2.75) is 32.4 Å². The van der Waals surface area contributed by atoms with Crippen molar-refractivity contribution in [3.8, 4) is 0 Å². The van der Waals surface area contributed by atoms with E-state index >= 15 is 0 Å². The lowest BCUT2D eigenvalue weighted by atomic mass is 9.79. The van der Waals surface area contributed by atoms with Gasteiger partial charge in [-0.3, -0.25) is 0 Å². The Bertz CT molecular complexity index is 395. The third kappa shape index (κ3) is 2.49. The van der Waals surface area contributed by atoms with Gasteiger partial charge in [-0.15, -0.1) is 0 Å². The van der Waals surface area contributed by atoms with Gasteiger partial charge in [0.05, 0.1) is 0 Å². The Balaban J connectivity index is 2.29. The quantitative estimate of drug-likeness (QED) is 0.834. The highest BCUT2D eigenvalue weighted by Gasteiger charge is 2.37. The topological polar surface area (TPSA) is 12.0 Å². The molecular formula is C14H19F2N. The van der Waals surface area contributed by atoms with E-state index in [1.807, 2.05) is 0 Å². The second-order valence-electron chi connectivity index (χ2n) is 5.08. The van der Waals surface area contributed by atoms with E-state index in [2.05, 4.69) is 5.32 Å². The van der Waals surface area contributed by atoms with Gasteiger partial charge in [-0.05, 0) is 56.5 Å². The second kappa shape index (κ2) is 4.73. The fraction of sp³-hybridized carbons (Fsp3) is 0.571. The Morgan fingerprint density at radius 2 is 2.18 bits per heavy atom. The van der Waals surface area contributed by atoms with Gasteiger partial charge in [0.1, 0.15) is 11.5 Å². The van der Waals surface area contributed by atoms with Crippen LogP contribution in [-0.4, -0.2) is 13.1 Å². The number of benzene rings is 1. The zero-order valence-corrected chi connectivity index (χ0v) is 10.4. The van der Waals surface area contributed by atoms with Crippen LogP contribution >= 0.6 is 0 Å². The fourth-order valence-electron chi connectivity index (χ4n) is 2.71. The number of rotatable bonds is 2. The number of alkyl halides is 1. The minimum absolute atomic E-state index is 0.0274. The molecule has 1 N–H and O–H groups in total. The van der Waals surface area contributed by atoms with E-state index in [1.54, 1.807) is 19.9 Å². The van der Waals surface area contributed by atoms with E-state index in [0.29, 0.717) is 17.7 Å². The maximum absolute atomic E-state index is 14.9. The summed E-state index contributed by atoms with van der Waals surface area (Å²) in [5, 5.41) is 3.23. The van der Waals surface area contributed by atoms with Crippen molar-refractivity contribution >= 4 is 0 Å². The van der Waals surface area contributed by atoms with Crippen molar-refractivity contribution < 1.29 is 8.78 Å². The minimum Gasteiger partial charge on any atom is -0.316 e. The Kier molecular flexibility index (Phi) is 3.48. The van der Waals surface area contributed by atoms with Crippen molar-refractivity contribution in [2.75, 3.05) is 13.1 Å². The van der Waals surface area contributed by atoms with Gasteiger partial charge in [0.25, 0.3) is 0 Å². The number of nitrogens with one attached hydrogen (secondary N) is 1. The lowest BCUT2D eigenvalue weighted by molar-refractivity contribution is 0.0804. The third-order valence-corrected chi connectivity index (χ3v) is 3.78. The number of halogens is 2. The van der Waals surface area contributed by atoms with Gasteiger partial charge in [0.2, 0.25) is 0 Å². The van der Waals surface area contributed by atoms with E-state index in [4.69, 9.17) is 0 Å². The van der Waals surface area contributed by atoms with Gasteiger partial charge in [0, 0.05) is 12.5 Å². The van der Waals surface area contributed by atoms with E-state index in [1.165, 1.54) is 12.1 Å². The number of aryl methyl sites for hydroxylation is 1. The van der Waals surface area contributed by atoms with Crippen LogP contribution in [0.2, 0.25) is 0 Å². The first-order valence-electron chi connectivity index (χ1n) is 6.18. The van der Waals surface area contributed by atoms with Crippen LogP contribution in [0.3, 0.4) is 0 Å². The van der Waals surface area contributed by atoms with E-state index in [9.17, 15) is 8.78 Å². The Labute approximate surface area is 101 Å². The molecule has 0 radical (unpaired) electrons. The van der Waals surface area contributed by atoms with Crippen LogP contribution in [0.1, 0.15) is 30.9 Å². The number of hydrogen-bond donors (Lipinski definition) is 1. The zero-order valence-electron chi connectivity index (χ0n) is 10.4. The largest absolute Gasteiger partial charge is 0.316 e. The highest BCUT2D eigenvalue weighted by Crippen LogP contribution is 2.38. The molecule has 1 heterocycles. The average molecular weight is 239 g/mol. The zero-order chi connectivity index (χ0) is 12.5. The standard InChI is InChI=1S/C14H19F2N/c1-10-8-12(15)5-6-13(10)14(2,16)11-4-3-7-17-9-11/h5-6,8,11,17H,3-4,7,9H2,1-2H3. The number of hydrogen-bond acceptors (Lipinski definition) is 1. The smallest absolute Gasteiger partial charge is 0.137 e. The summed E-state index contributed by atoms with van der Waals surface area (Å²) in [5.41, 5.74) is -0.0706. The Morgan fingerprint density at radius 1 is 1.41 bits per heavy atom. The molecule has 0 aromatic heterocycles. The molecule has 0 aliphatic carbocycles. The lowest BCUT2D eigenvalue weighted by Gasteiger charge is -2.35. The summed E-state index contributed by atoms with van der Waals surface area (Å²) in [6.07, 6.45) is 1.89. The van der Waals surface area contributed by atoms with Crippen LogP contribution in [0.25, 0.3) is 0 Å². The fourth-order valence-corrected chi connectivity index (χ4v) is 2.71. The van der Waals surface area contributed by atoms with Crippen molar-refractivity contribution in [3.05, 3.63) is 35.1 Å². The van der Waals surface area contributed by atoms with Gasteiger partial charge in [-0.1, -0.05) is 6.07 Å². The average Bonchev–Trinajstić information content (AvgIpc) is 2.29. The van der Waals surface area contributed by atoms with Crippen LogP contribution in [0.5, 0.6) is 0 Å². The summed E-state index contributed by atoms with van der Waals surface area (Å²) in [6, 6.07) is 4.33. The molecule has 3 heteroatoms. The van der Waals surface area contributed by atoms with Crippen molar-refractivity contribution in [1.29, 1.82) is 0 Å². The molecule has 0 amide bonds. The maximum Gasteiger partial charge on any atom is 0.137 e.